The number of carbonyl (C=O) groups excluding carboxylic acids is 1. The number of rotatable bonds is 3. The third-order valence-electron chi connectivity index (χ3n) is 3.76. The number of carbonyl (C=O) groups is 1. The van der Waals surface area contributed by atoms with Crippen LogP contribution in [0.3, 0.4) is 0 Å². The molecule has 6 nitrogen and oxygen atoms in total. The predicted molar refractivity (Wildman–Crippen MR) is 89.0 cm³/mol. The van der Waals surface area contributed by atoms with Gasteiger partial charge < -0.3 is 20.0 Å². The van der Waals surface area contributed by atoms with Crippen molar-refractivity contribution in [2.75, 3.05) is 31.1 Å². The van der Waals surface area contributed by atoms with E-state index in [1.807, 2.05) is 4.90 Å². The average Bonchev–Trinajstić information content (AvgIpc) is 3.03. The van der Waals surface area contributed by atoms with E-state index in [0.29, 0.717) is 53.4 Å². The summed E-state index contributed by atoms with van der Waals surface area (Å²) < 4.78 is 5.22. The van der Waals surface area contributed by atoms with Crippen LogP contribution in [0.4, 0.5) is 5.82 Å². The van der Waals surface area contributed by atoms with E-state index in [2.05, 4.69) is 4.98 Å². The van der Waals surface area contributed by atoms with Gasteiger partial charge in [0.1, 0.15) is 17.8 Å². The molecule has 0 aliphatic carbocycles. The summed E-state index contributed by atoms with van der Waals surface area (Å²) in [4.78, 5) is 20.5. The quantitative estimate of drug-likeness (QED) is 0.915. The molecule has 0 aromatic carbocycles. The maximum atomic E-state index is 12.4. The molecule has 1 fully saturated rings. The summed E-state index contributed by atoms with van der Waals surface area (Å²) >= 11 is 12.0. The molecule has 3 heterocycles. The third kappa shape index (κ3) is 3.44. The van der Waals surface area contributed by atoms with E-state index in [4.69, 9.17) is 33.4 Å². The van der Waals surface area contributed by atoms with Gasteiger partial charge in [0, 0.05) is 32.4 Å². The second-order valence-electron chi connectivity index (χ2n) is 5.24. The lowest BCUT2D eigenvalue weighted by Crippen LogP contribution is -2.49. The van der Waals surface area contributed by atoms with Crippen molar-refractivity contribution >= 4 is 34.9 Å². The molecule has 0 atom stereocenters. The fourth-order valence-electron chi connectivity index (χ4n) is 2.54. The second kappa shape index (κ2) is 6.78. The maximum Gasteiger partial charge on any atom is 0.257 e. The molecular formula is C15H16Cl2N4O2. The molecule has 2 N–H and O–H groups in total. The first-order valence-corrected chi connectivity index (χ1v) is 7.97. The normalized spacial score (nSPS) is 15.1. The molecule has 0 unspecified atom stereocenters. The zero-order chi connectivity index (χ0) is 16.4. The third-order valence-corrected chi connectivity index (χ3v) is 4.24. The molecule has 3 rings (SSSR count). The first-order chi connectivity index (χ1) is 11.1. The highest BCUT2D eigenvalue weighted by Gasteiger charge is 2.25. The minimum atomic E-state index is -0.0525. The lowest BCUT2D eigenvalue weighted by molar-refractivity contribution is 0.0746. The number of pyridine rings is 1. The standard InChI is InChI=1S/C15H16Cl2N4O2/c16-11-6-13(17)14(19-8-11)20-1-3-21(4-2-20)15(22)10-5-12(7-18)23-9-10/h5-6,8-9H,1-4,7,18H2. The molecule has 0 saturated carbocycles. The molecular weight excluding hydrogens is 339 g/mol. The number of aromatic nitrogens is 1. The lowest BCUT2D eigenvalue weighted by Gasteiger charge is -2.35. The van der Waals surface area contributed by atoms with Gasteiger partial charge in [-0.25, -0.2) is 4.98 Å². The molecule has 2 aromatic rings. The van der Waals surface area contributed by atoms with Crippen LogP contribution in [0.5, 0.6) is 0 Å². The number of halogens is 2. The van der Waals surface area contributed by atoms with E-state index in [1.54, 1.807) is 23.2 Å². The fourth-order valence-corrected chi connectivity index (χ4v) is 3.04. The molecule has 0 bridgehead atoms. The Morgan fingerprint density at radius 3 is 2.61 bits per heavy atom. The van der Waals surface area contributed by atoms with Crippen LogP contribution in [-0.4, -0.2) is 42.0 Å². The van der Waals surface area contributed by atoms with Crippen molar-refractivity contribution in [3.8, 4) is 0 Å². The summed E-state index contributed by atoms with van der Waals surface area (Å²) in [5.41, 5.74) is 6.02. The van der Waals surface area contributed by atoms with Gasteiger partial charge >= 0.3 is 0 Å². The predicted octanol–water partition coefficient (Wildman–Crippen LogP) is 2.40. The van der Waals surface area contributed by atoms with Gasteiger partial charge in [0.25, 0.3) is 5.91 Å². The Hall–Kier alpha value is -1.76. The number of anilines is 1. The highest BCUT2D eigenvalue weighted by atomic mass is 35.5. The van der Waals surface area contributed by atoms with Crippen molar-refractivity contribution in [2.24, 2.45) is 5.73 Å². The van der Waals surface area contributed by atoms with Crippen LogP contribution in [-0.2, 0) is 6.54 Å². The Bertz CT molecular complexity index is 711. The molecule has 2 aromatic heterocycles. The van der Waals surface area contributed by atoms with Crippen LogP contribution in [0.15, 0.2) is 29.0 Å². The minimum Gasteiger partial charge on any atom is -0.467 e. The Kier molecular flexibility index (Phi) is 4.75. The van der Waals surface area contributed by atoms with Gasteiger partial charge in [-0.3, -0.25) is 4.79 Å². The van der Waals surface area contributed by atoms with Crippen molar-refractivity contribution in [2.45, 2.75) is 6.54 Å². The van der Waals surface area contributed by atoms with Crippen LogP contribution in [0, 0.1) is 0 Å². The largest absolute Gasteiger partial charge is 0.467 e. The summed E-state index contributed by atoms with van der Waals surface area (Å²) in [6, 6.07) is 3.36. The minimum absolute atomic E-state index is 0.0525. The van der Waals surface area contributed by atoms with Crippen molar-refractivity contribution in [1.29, 1.82) is 0 Å². The zero-order valence-corrected chi connectivity index (χ0v) is 13.8. The molecule has 1 aliphatic rings. The number of piperazine rings is 1. The molecule has 1 aliphatic heterocycles. The molecule has 23 heavy (non-hydrogen) atoms. The smallest absolute Gasteiger partial charge is 0.257 e. The summed E-state index contributed by atoms with van der Waals surface area (Å²) in [5, 5.41) is 1.02. The topological polar surface area (TPSA) is 75.6 Å². The summed E-state index contributed by atoms with van der Waals surface area (Å²) in [7, 11) is 0. The number of nitrogens with zero attached hydrogens (tertiary/aromatic N) is 3. The van der Waals surface area contributed by atoms with E-state index >= 15 is 0 Å². The first-order valence-electron chi connectivity index (χ1n) is 7.21. The van der Waals surface area contributed by atoms with E-state index < -0.39 is 0 Å². The lowest BCUT2D eigenvalue weighted by atomic mass is 10.2. The monoisotopic (exact) mass is 354 g/mol. The number of furan rings is 1. The van der Waals surface area contributed by atoms with Crippen LogP contribution < -0.4 is 10.6 Å². The number of hydrogen-bond donors (Lipinski definition) is 1. The van der Waals surface area contributed by atoms with Crippen molar-refractivity contribution in [1.82, 2.24) is 9.88 Å². The highest BCUT2D eigenvalue weighted by Crippen LogP contribution is 2.27. The molecule has 1 saturated heterocycles. The van der Waals surface area contributed by atoms with Gasteiger partial charge in [0.05, 0.1) is 22.2 Å². The molecule has 8 heteroatoms. The zero-order valence-electron chi connectivity index (χ0n) is 12.3. The summed E-state index contributed by atoms with van der Waals surface area (Å²) in [6.45, 7) is 2.76. The van der Waals surface area contributed by atoms with Gasteiger partial charge in [-0.05, 0) is 12.1 Å². The molecule has 122 valence electrons. The van der Waals surface area contributed by atoms with E-state index in [1.165, 1.54) is 6.26 Å². The van der Waals surface area contributed by atoms with Crippen molar-refractivity contribution in [3.05, 3.63) is 46.0 Å². The Morgan fingerprint density at radius 2 is 2.00 bits per heavy atom. The second-order valence-corrected chi connectivity index (χ2v) is 6.09. The number of hydrogen-bond acceptors (Lipinski definition) is 5. The van der Waals surface area contributed by atoms with Crippen molar-refractivity contribution in [3.63, 3.8) is 0 Å². The van der Waals surface area contributed by atoms with Gasteiger partial charge in [-0.15, -0.1) is 0 Å². The van der Waals surface area contributed by atoms with Crippen LogP contribution in [0.2, 0.25) is 10.0 Å². The van der Waals surface area contributed by atoms with Gasteiger partial charge in [-0.1, -0.05) is 23.2 Å². The fraction of sp³-hybridized carbons (Fsp3) is 0.333. The molecule has 0 radical (unpaired) electrons. The van der Waals surface area contributed by atoms with E-state index in [9.17, 15) is 4.79 Å². The highest BCUT2D eigenvalue weighted by molar-refractivity contribution is 6.36. The van der Waals surface area contributed by atoms with Gasteiger partial charge in [0.2, 0.25) is 0 Å². The molecule has 1 amide bonds. The Morgan fingerprint density at radius 1 is 1.26 bits per heavy atom. The Balaban J connectivity index is 1.65. The Labute approximate surface area is 143 Å². The summed E-state index contributed by atoms with van der Waals surface area (Å²) in [5.74, 6) is 1.24. The van der Waals surface area contributed by atoms with E-state index in [-0.39, 0.29) is 12.5 Å². The van der Waals surface area contributed by atoms with Crippen LogP contribution >= 0.6 is 23.2 Å². The van der Waals surface area contributed by atoms with Crippen LogP contribution in [0.1, 0.15) is 16.1 Å². The summed E-state index contributed by atoms with van der Waals surface area (Å²) in [6.07, 6.45) is 3.02. The number of nitrogens with two attached hydrogens (primary N) is 1. The maximum absolute atomic E-state index is 12.4. The van der Waals surface area contributed by atoms with Gasteiger partial charge in [-0.2, -0.15) is 0 Å². The SMILES string of the molecule is NCc1cc(C(=O)N2CCN(c3ncc(Cl)cc3Cl)CC2)co1. The van der Waals surface area contributed by atoms with Crippen LogP contribution in [0.25, 0.3) is 0 Å². The van der Waals surface area contributed by atoms with Crippen molar-refractivity contribution < 1.29 is 9.21 Å². The van der Waals surface area contributed by atoms with E-state index in [0.717, 1.165) is 0 Å². The molecule has 0 spiro atoms. The number of amides is 1. The average molecular weight is 355 g/mol. The van der Waals surface area contributed by atoms with Gasteiger partial charge in [0.15, 0.2) is 0 Å². The first kappa shape index (κ1) is 16.1.